The molecule has 158 valence electrons. The molecule has 1 unspecified atom stereocenters. The van der Waals surface area contributed by atoms with Crippen molar-refractivity contribution in [2.75, 3.05) is 0 Å². The fraction of sp³-hybridized carbons (Fsp3) is 0.400. The molecule has 30 heavy (non-hydrogen) atoms. The van der Waals surface area contributed by atoms with Crippen LogP contribution in [0.4, 0.5) is 0 Å². The predicted octanol–water partition coefficient (Wildman–Crippen LogP) is 5.65. The summed E-state index contributed by atoms with van der Waals surface area (Å²) in [7, 11) is 0. The Kier molecular flexibility index (Phi) is 9.50. The van der Waals surface area contributed by atoms with Gasteiger partial charge in [0.2, 0.25) is 5.91 Å². The highest BCUT2D eigenvalue weighted by Gasteiger charge is 2.16. The van der Waals surface area contributed by atoms with E-state index in [1.54, 1.807) is 11.3 Å². The van der Waals surface area contributed by atoms with Crippen LogP contribution in [0.25, 0.3) is 6.08 Å². The van der Waals surface area contributed by atoms with Crippen molar-refractivity contribution < 1.29 is 4.79 Å². The summed E-state index contributed by atoms with van der Waals surface area (Å²) in [6.07, 6.45) is 6.27. The number of allylic oxidation sites excluding steroid dienone is 1. The molecule has 2 aromatic rings. The zero-order valence-corrected chi connectivity index (χ0v) is 19.0. The first-order valence-corrected chi connectivity index (χ1v) is 11.3. The van der Waals surface area contributed by atoms with E-state index in [-0.39, 0.29) is 11.9 Å². The summed E-state index contributed by atoms with van der Waals surface area (Å²) in [5.41, 5.74) is 4.05. The van der Waals surface area contributed by atoms with Gasteiger partial charge >= 0.3 is 0 Å². The van der Waals surface area contributed by atoms with Crippen LogP contribution in [0.1, 0.15) is 61.2 Å². The quantitative estimate of drug-likeness (QED) is 0.477. The normalized spacial score (nSPS) is 12.3. The monoisotopic (exact) mass is 421 g/mol. The maximum Gasteiger partial charge on any atom is 0.220 e. The molecule has 0 aliphatic carbocycles. The van der Waals surface area contributed by atoms with Gasteiger partial charge in [-0.05, 0) is 37.8 Å². The minimum absolute atomic E-state index is 0.0169. The SMILES string of the molecule is C=C(C#N)CC(Cc1ccccc1)NC(=O)CCc1nc(CC)c(/C=C(\C)CC)s1. The number of carbonyl (C=O) groups is 1. The lowest BCUT2D eigenvalue weighted by Gasteiger charge is -2.18. The summed E-state index contributed by atoms with van der Waals surface area (Å²) in [5, 5.41) is 13.2. The summed E-state index contributed by atoms with van der Waals surface area (Å²) in [4.78, 5) is 18.6. The molecule has 1 amide bonds. The second-order valence-electron chi connectivity index (χ2n) is 7.49. The van der Waals surface area contributed by atoms with Gasteiger partial charge in [0.1, 0.15) is 0 Å². The van der Waals surface area contributed by atoms with Crippen LogP contribution in [0.2, 0.25) is 0 Å². The summed E-state index contributed by atoms with van der Waals surface area (Å²) >= 11 is 1.68. The fourth-order valence-corrected chi connectivity index (χ4v) is 4.33. The molecule has 0 bridgehead atoms. The number of amides is 1. The van der Waals surface area contributed by atoms with E-state index >= 15 is 0 Å². The van der Waals surface area contributed by atoms with Crippen LogP contribution in [0, 0.1) is 11.3 Å². The van der Waals surface area contributed by atoms with Crippen LogP contribution in [0.5, 0.6) is 0 Å². The Bertz CT molecular complexity index is 922. The number of benzene rings is 1. The molecule has 2 rings (SSSR count). The Balaban J connectivity index is 1.99. The van der Waals surface area contributed by atoms with Crippen LogP contribution in [-0.4, -0.2) is 16.9 Å². The molecule has 1 N–H and O–H groups in total. The lowest BCUT2D eigenvalue weighted by atomic mass is 10.00. The van der Waals surface area contributed by atoms with Gasteiger partial charge in [-0.1, -0.05) is 56.3 Å². The Morgan fingerprint density at radius 1 is 1.33 bits per heavy atom. The van der Waals surface area contributed by atoms with Crippen molar-refractivity contribution in [1.82, 2.24) is 10.3 Å². The maximum absolute atomic E-state index is 12.6. The van der Waals surface area contributed by atoms with Crippen LogP contribution in [0.3, 0.4) is 0 Å². The highest BCUT2D eigenvalue weighted by molar-refractivity contribution is 7.12. The van der Waals surface area contributed by atoms with E-state index in [9.17, 15) is 4.79 Å². The minimum Gasteiger partial charge on any atom is -0.353 e. The molecule has 0 saturated heterocycles. The van der Waals surface area contributed by atoms with Gasteiger partial charge in [-0.15, -0.1) is 11.3 Å². The number of thiazole rings is 1. The molecular formula is C25H31N3OS. The molecule has 0 aliphatic rings. The molecule has 0 fully saturated rings. The predicted molar refractivity (Wildman–Crippen MR) is 125 cm³/mol. The first-order valence-electron chi connectivity index (χ1n) is 10.5. The summed E-state index contributed by atoms with van der Waals surface area (Å²) in [5.74, 6) is -0.0169. The Morgan fingerprint density at radius 3 is 2.70 bits per heavy atom. The van der Waals surface area contributed by atoms with Gasteiger partial charge in [0.15, 0.2) is 0 Å². The van der Waals surface area contributed by atoms with E-state index < -0.39 is 0 Å². The average Bonchev–Trinajstić information content (AvgIpc) is 3.14. The van der Waals surface area contributed by atoms with E-state index in [1.807, 2.05) is 30.3 Å². The average molecular weight is 422 g/mol. The summed E-state index contributed by atoms with van der Waals surface area (Å²) < 4.78 is 0. The highest BCUT2D eigenvalue weighted by atomic mass is 32.1. The molecule has 1 atom stereocenters. The van der Waals surface area contributed by atoms with Crippen LogP contribution in [0.15, 0.2) is 48.1 Å². The Morgan fingerprint density at radius 2 is 2.07 bits per heavy atom. The lowest BCUT2D eigenvalue weighted by Crippen LogP contribution is -2.36. The van der Waals surface area contributed by atoms with Crippen molar-refractivity contribution in [2.45, 2.75) is 65.3 Å². The van der Waals surface area contributed by atoms with Gasteiger partial charge < -0.3 is 5.32 Å². The number of hydrogen-bond donors (Lipinski definition) is 1. The van der Waals surface area contributed by atoms with E-state index in [1.165, 1.54) is 10.5 Å². The molecule has 0 aliphatic heterocycles. The number of nitrogens with zero attached hydrogens (tertiary/aromatic N) is 2. The molecule has 0 spiro atoms. The largest absolute Gasteiger partial charge is 0.353 e. The number of nitriles is 1. The highest BCUT2D eigenvalue weighted by Crippen LogP contribution is 2.24. The Labute approximate surface area is 184 Å². The third kappa shape index (κ3) is 7.61. The second kappa shape index (κ2) is 12.1. The zero-order chi connectivity index (χ0) is 21.9. The Hall–Kier alpha value is -2.71. The van der Waals surface area contributed by atoms with E-state index in [2.05, 4.69) is 44.8 Å². The number of nitrogens with one attached hydrogen (secondary N) is 1. The smallest absolute Gasteiger partial charge is 0.220 e. The van der Waals surface area contributed by atoms with Crippen LogP contribution < -0.4 is 5.32 Å². The summed E-state index contributed by atoms with van der Waals surface area (Å²) in [6, 6.07) is 11.9. The molecule has 1 heterocycles. The number of hydrogen-bond acceptors (Lipinski definition) is 4. The molecule has 1 aromatic carbocycles. The second-order valence-corrected chi connectivity index (χ2v) is 8.61. The molecular weight excluding hydrogens is 390 g/mol. The van der Waals surface area contributed by atoms with Crippen LogP contribution >= 0.6 is 11.3 Å². The standard InChI is InChI=1S/C25H31N3OS/c1-5-18(3)15-23-22(6-2)28-25(30-23)13-12-24(29)27-21(14-19(4)17-26)16-20-10-8-7-9-11-20/h7-11,15,21H,4-6,12-14,16H2,1-3H3,(H,27,29)/b18-15+. The summed E-state index contributed by atoms with van der Waals surface area (Å²) in [6.45, 7) is 10.2. The van der Waals surface area contributed by atoms with E-state index in [0.29, 0.717) is 31.3 Å². The van der Waals surface area contributed by atoms with Crippen LogP contribution in [-0.2, 0) is 24.1 Å². The van der Waals surface area contributed by atoms with Gasteiger partial charge in [-0.3, -0.25) is 4.79 Å². The molecule has 5 heteroatoms. The van der Waals surface area contributed by atoms with E-state index in [4.69, 9.17) is 10.2 Å². The van der Waals surface area contributed by atoms with Gasteiger partial charge in [0.05, 0.1) is 21.6 Å². The van der Waals surface area contributed by atoms with Crippen molar-refractivity contribution in [1.29, 1.82) is 5.26 Å². The van der Waals surface area contributed by atoms with E-state index in [0.717, 1.165) is 29.1 Å². The third-order valence-corrected chi connectivity index (χ3v) is 6.05. The van der Waals surface area contributed by atoms with Gasteiger partial charge in [0, 0.05) is 30.9 Å². The van der Waals surface area contributed by atoms with Crippen molar-refractivity contribution in [3.63, 3.8) is 0 Å². The van der Waals surface area contributed by atoms with Gasteiger partial charge in [0.25, 0.3) is 0 Å². The fourth-order valence-electron chi connectivity index (χ4n) is 3.15. The zero-order valence-electron chi connectivity index (χ0n) is 18.2. The van der Waals surface area contributed by atoms with Crippen molar-refractivity contribution in [3.8, 4) is 6.07 Å². The lowest BCUT2D eigenvalue weighted by molar-refractivity contribution is -0.121. The molecule has 0 saturated carbocycles. The number of aromatic nitrogens is 1. The maximum atomic E-state index is 12.6. The minimum atomic E-state index is -0.139. The van der Waals surface area contributed by atoms with Gasteiger partial charge in [-0.2, -0.15) is 5.26 Å². The topological polar surface area (TPSA) is 65.8 Å². The first-order chi connectivity index (χ1) is 14.4. The van der Waals surface area contributed by atoms with Gasteiger partial charge in [-0.25, -0.2) is 4.98 Å². The van der Waals surface area contributed by atoms with Crippen molar-refractivity contribution in [3.05, 3.63) is 69.2 Å². The molecule has 4 nitrogen and oxygen atoms in total. The molecule has 0 radical (unpaired) electrons. The number of carbonyl (C=O) groups excluding carboxylic acids is 1. The van der Waals surface area contributed by atoms with Crippen molar-refractivity contribution >= 4 is 23.3 Å². The van der Waals surface area contributed by atoms with Crippen molar-refractivity contribution in [2.24, 2.45) is 0 Å². The number of rotatable bonds is 11. The number of aryl methyl sites for hydroxylation is 2. The third-order valence-electron chi connectivity index (χ3n) is 4.95. The molecule has 1 aromatic heterocycles. The first kappa shape index (κ1) is 23.6.